The third kappa shape index (κ3) is 3.00. The van der Waals surface area contributed by atoms with E-state index in [1.54, 1.807) is 0 Å². The molecule has 1 N–H and O–H groups in total. The van der Waals surface area contributed by atoms with Crippen molar-refractivity contribution in [2.24, 2.45) is 35.5 Å². The third-order valence-corrected chi connectivity index (χ3v) is 4.68. The molecule has 1 rings (SSSR count). The van der Waals surface area contributed by atoms with E-state index in [1.165, 1.54) is 12.8 Å². The molecule has 0 aromatic carbocycles. The first-order chi connectivity index (χ1) is 7.34. The van der Waals surface area contributed by atoms with Crippen LogP contribution in [0.15, 0.2) is 0 Å². The highest BCUT2D eigenvalue weighted by molar-refractivity contribution is 4.89. The van der Waals surface area contributed by atoms with Gasteiger partial charge in [0, 0.05) is 0 Å². The Kier molecular flexibility index (Phi) is 4.85. The summed E-state index contributed by atoms with van der Waals surface area (Å²) in [6.45, 7) is 13.7. The van der Waals surface area contributed by atoms with Crippen LogP contribution < -0.4 is 0 Å². The molecule has 16 heavy (non-hydrogen) atoms. The van der Waals surface area contributed by atoms with Crippen molar-refractivity contribution >= 4 is 0 Å². The van der Waals surface area contributed by atoms with Crippen LogP contribution in [-0.2, 0) is 0 Å². The molecule has 0 aliphatic heterocycles. The SMILES string of the molecule is CC(C)C1C[C@@H](C(C)C)C(O)[C@H](C(C)C)C1. The van der Waals surface area contributed by atoms with Crippen molar-refractivity contribution in [3.8, 4) is 0 Å². The first kappa shape index (κ1) is 14.0. The van der Waals surface area contributed by atoms with Gasteiger partial charge in [-0.25, -0.2) is 0 Å². The summed E-state index contributed by atoms with van der Waals surface area (Å²) >= 11 is 0. The monoisotopic (exact) mass is 226 g/mol. The lowest BCUT2D eigenvalue weighted by Crippen LogP contribution is -2.43. The molecule has 0 bridgehead atoms. The van der Waals surface area contributed by atoms with Gasteiger partial charge in [-0.2, -0.15) is 0 Å². The summed E-state index contributed by atoms with van der Waals surface area (Å²) in [4.78, 5) is 0. The molecule has 0 amide bonds. The molecule has 1 fully saturated rings. The standard InChI is InChI=1S/C15H30O/c1-9(2)12-7-13(10(3)4)15(16)14(8-12)11(5)6/h9-16H,7-8H2,1-6H3/t12?,13-,14-,15?/m0/s1. The molecule has 0 heterocycles. The Hall–Kier alpha value is -0.0400. The van der Waals surface area contributed by atoms with Gasteiger partial charge >= 0.3 is 0 Å². The van der Waals surface area contributed by atoms with Crippen LogP contribution in [0.5, 0.6) is 0 Å². The summed E-state index contributed by atoms with van der Waals surface area (Å²) in [5.74, 6) is 3.80. The van der Waals surface area contributed by atoms with E-state index in [0.717, 1.165) is 11.8 Å². The molecule has 0 aromatic heterocycles. The fourth-order valence-corrected chi connectivity index (χ4v) is 3.27. The third-order valence-electron chi connectivity index (χ3n) is 4.68. The predicted octanol–water partition coefficient (Wildman–Crippen LogP) is 3.96. The van der Waals surface area contributed by atoms with Crippen LogP contribution in [0.4, 0.5) is 0 Å². The number of hydrogen-bond donors (Lipinski definition) is 1. The van der Waals surface area contributed by atoms with Crippen molar-refractivity contribution in [3.63, 3.8) is 0 Å². The maximum Gasteiger partial charge on any atom is 0.0601 e. The molecule has 0 saturated heterocycles. The Balaban J connectivity index is 2.80. The number of aliphatic hydroxyl groups excluding tert-OH is 1. The molecule has 1 aliphatic carbocycles. The predicted molar refractivity (Wildman–Crippen MR) is 70.2 cm³/mol. The van der Waals surface area contributed by atoms with Gasteiger partial charge in [-0.15, -0.1) is 0 Å². The minimum Gasteiger partial charge on any atom is -0.393 e. The van der Waals surface area contributed by atoms with Gasteiger partial charge in [0.2, 0.25) is 0 Å². The summed E-state index contributed by atoms with van der Waals surface area (Å²) in [7, 11) is 0. The van der Waals surface area contributed by atoms with Gasteiger partial charge in [0.05, 0.1) is 6.10 Å². The first-order valence-corrected chi connectivity index (χ1v) is 7.02. The van der Waals surface area contributed by atoms with Gasteiger partial charge in [-0.1, -0.05) is 41.5 Å². The molecule has 2 atom stereocenters. The van der Waals surface area contributed by atoms with E-state index >= 15 is 0 Å². The van der Waals surface area contributed by atoms with Gasteiger partial charge in [-0.3, -0.25) is 0 Å². The van der Waals surface area contributed by atoms with Gasteiger partial charge in [0.15, 0.2) is 0 Å². The second-order valence-electron chi connectivity index (χ2n) is 6.78. The minimum atomic E-state index is -0.0741. The topological polar surface area (TPSA) is 20.2 Å². The Labute approximate surface area is 102 Å². The van der Waals surface area contributed by atoms with Crippen LogP contribution in [0.3, 0.4) is 0 Å². The molecule has 1 nitrogen and oxygen atoms in total. The van der Waals surface area contributed by atoms with Crippen molar-refractivity contribution in [2.75, 3.05) is 0 Å². The molecular weight excluding hydrogens is 196 g/mol. The smallest absolute Gasteiger partial charge is 0.0601 e. The number of hydrogen-bond acceptors (Lipinski definition) is 1. The van der Waals surface area contributed by atoms with E-state index in [-0.39, 0.29) is 6.10 Å². The summed E-state index contributed by atoms with van der Waals surface area (Å²) in [6.07, 6.45) is 2.37. The number of aliphatic hydroxyl groups is 1. The van der Waals surface area contributed by atoms with E-state index in [1.807, 2.05) is 0 Å². The maximum absolute atomic E-state index is 10.5. The first-order valence-electron chi connectivity index (χ1n) is 7.02. The lowest BCUT2D eigenvalue weighted by Gasteiger charge is -2.44. The molecular formula is C15H30O. The normalized spacial score (nSPS) is 36.4. The van der Waals surface area contributed by atoms with Crippen LogP contribution in [0.1, 0.15) is 54.4 Å². The van der Waals surface area contributed by atoms with Crippen molar-refractivity contribution < 1.29 is 5.11 Å². The zero-order valence-electron chi connectivity index (χ0n) is 11.9. The minimum absolute atomic E-state index is 0.0741. The lowest BCUT2D eigenvalue weighted by atomic mass is 9.64. The maximum atomic E-state index is 10.5. The highest BCUT2D eigenvalue weighted by Gasteiger charge is 2.39. The van der Waals surface area contributed by atoms with E-state index in [0.29, 0.717) is 23.7 Å². The Bertz CT molecular complexity index is 189. The van der Waals surface area contributed by atoms with Gasteiger partial charge in [0.1, 0.15) is 0 Å². The lowest BCUT2D eigenvalue weighted by molar-refractivity contribution is -0.0475. The Morgan fingerprint density at radius 2 is 1.12 bits per heavy atom. The van der Waals surface area contributed by atoms with Crippen LogP contribution in [-0.4, -0.2) is 11.2 Å². The largest absolute Gasteiger partial charge is 0.393 e. The van der Waals surface area contributed by atoms with E-state index in [4.69, 9.17) is 0 Å². The molecule has 0 spiro atoms. The van der Waals surface area contributed by atoms with Crippen LogP contribution >= 0.6 is 0 Å². The second kappa shape index (κ2) is 5.53. The van der Waals surface area contributed by atoms with Gasteiger partial charge in [-0.05, 0) is 48.3 Å². The Morgan fingerprint density at radius 3 is 1.38 bits per heavy atom. The molecule has 1 saturated carbocycles. The van der Waals surface area contributed by atoms with E-state index in [2.05, 4.69) is 41.5 Å². The fraction of sp³-hybridized carbons (Fsp3) is 1.00. The van der Waals surface area contributed by atoms with Crippen molar-refractivity contribution in [1.29, 1.82) is 0 Å². The quantitative estimate of drug-likeness (QED) is 0.772. The summed E-state index contributed by atoms with van der Waals surface area (Å²) in [5.41, 5.74) is 0. The summed E-state index contributed by atoms with van der Waals surface area (Å²) in [6, 6.07) is 0. The molecule has 0 unspecified atom stereocenters. The molecule has 1 heteroatoms. The molecule has 0 radical (unpaired) electrons. The van der Waals surface area contributed by atoms with Crippen LogP contribution in [0.25, 0.3) is 0 Å². The van der Waals surface area contributed by atoms with E-state index < -0.39 is 0 Å². The Morgan fingerprint density at radius 1 is 0.750 bits per heavy atom. The van der Waals surface area contributed by atoms with E-state index in [9.17, 15) is 5.11 Å². The van der Waals surface area contributed by atoms with Crippen LogP contribution in [0.2, 0.25) is 0 Å². The zero-order chi connectivity index (χ0) is 12.5. The highest BCUT2D eigenvalue weighted by Crippen LogP contribution is 2.43. The average Bonchev–Trinajstić information content (AvgIpc) is 2.16. The molecule has 1 aliphatic rings. The average molecular weight is 226 g/mol. The second-order valence-corrected chi connectivity index (χ2v) is 6.78. The fourth-order valence-electron chi connectivity index (χ4n) is 3.27. The molecule has 96 valence electrons. The highest BCUT2D eigenvalue weighted by atomic mass is 16.3. The number of rotatable bonds is 3. The summed E-state index contributed by atoms with van der Waals surface area (Å²) < 4.78 is 0. The summed E-state index contributed by atoms with van der Waals surface area (Å²) in [5, 5.41) is 10.5. The van der Waals surface area contributed by atoms with Crippen molar-refractivity contribution in [3.05, 3.63) is 0 Å². The van der Waals surface area contributed by atoms with Crippen LogP contribution in [0, 0.1) is 35.5 Å². The van der Waals surface area contributed by atoms with Crippen molar-refractivity contribution in [1.82, 2.24) is 0 Å². The van der Waals surface area contributed by atoms with Crippen molar-refractivity contribution in [2.45, 2.75) is 60.5 Å². The zero-order valence-corrected chi connectivity index (χ0v) is 11.9. The molecule has 0 aromatic rings. The van der Waals surface area contributed by atoms with Gasteiger partial charge in [0.25, 0.3) is 0 Å². The van der Waals surface area contributed by atoms with Gasteiger partial charge < -0.3 is 5.11 Å².